The monoisotopic (exact) mass is 366 g/mol. The molecule has 1 aromatic carbocycles. The van der Waals surface area contributed by atoms with Crippen molar-refractivity contribution in [3.8, 4) is 0 Å². The third-order valence-electron chi connectivity index (χ3n) is 3.45. The molecule has 7 heteroatoms. The van der Waals surface area contributed by atoms with Gasteiger partial charge in [0, 0.05) is 16.6 Å². The maximum atomic E-state index is 12.4. The van der Waals surface area contributed by atoms with Crippen LogP contribution in [0.1, 0.15) is 19.8 Å². The quantitative estimate of drug-likeness (QED) is 0.840. The van der Waals surface area contributed by atoms with Crippen molar-refractivity contribution < 1.29 is 8.42 Å². The van der Waals surface area contributed by atoms with Crippen molar-refractivity contribution in [2.24, 2.45) is 11.7 Å². The van der Waals surface area contributed by atoms with Gasteiger partial charge < -0.3 is 5.73 Å². The van der Waals surface area contributed by atoms with Crippen LogP contribution in [-0.4, -0.2) is 20.5 Å². The van der Waals surface area contributed by atoms with E-state index in [0.29, 0.717) is 5.92 Å². The van der Waals surface area contributed by atoms with Crippen LogP contribution in [0.15, 0.2) is 27.6 Å². The molecular weight excluding hydrogens is 352 g/mol. The fourth-order valence-electron chi connectivity index (χ4n) is 2.07. The standard InChI is InChI=1S/C12H16BrClN2O2S/c1-12(7-15,8-2-3-8)16-19(17,18)11-5-4-9(13)6-10(11)14/h4-6,8,16H,2-3,7,15H2,1H3. The summed E-state index contributed by atoms with van der Waals surface area (Å²) in [5.74, 6) is 0.307. The zero-order valence-corrected chi connectivity index (χ0v) is 13.6. The summed E-state index contributed by atoms with van der Waals surface area (Å²) >= 11 is 9.25. The van der Waals surface area contributed by atoms with E-state index in [4.69, 9.17) is 17.3 Å². The van der Waals surface area contributed by atoms with Crippen LogP contribution >= 0.6 is 27.5 Å². The molecule has 106 valence electrons. The highest BCUT2D eigenvalue weighted by Gasteiger charge is 2.43. The number of benzene rings is 1. The number of nitrogens with one attached hydrogen (secondary N) is 1. The van der Waals surface area contributed by atoms with Gasteiger partial charge in [-0.1, -0.05) is 27.5 Å². The summed E-state index contributed by atoms with van der Waals surface area (Å²) in [6, 6.07) is 4.70. The Morgan fingerprint density at radius 3 is 2.63 bits per heavy atom. The van der Waals surface area contributed by atoms with E-state index >= 15 is 0 Å². The highest BCUT2D eigenvalue weighted by Crippen LogP contribution is 2.40. The van der Waals surface area contributed by atoms with Gasteiger partial charge >= 0.3 is 0 Å². The number of sulfonamides is 1. The van der Waals surface area contributed by atoms with Crippen LogP contribution in [0.5, 0.6) is 0 Å². The Kier molecular flexibility index (Phi) is 4.28. The molecule has 1 fully saturated rings. The molecule has 0 aliphatic heterocycles. The minimum Gasteiger partial charge on any atom is -0.329 e. The van der Waals surface area contributed by atoms with Crippen LogP contribution in [0.25, 0.3) is 0 Å². The van der Waals surface area contributed by atoms with Gasteiger partial charge in [0.1, 0.15) is 4.90 Å². The fraction of sp³-hybridized carbons (Fsp3) is 0.500. The van der Waals surface area contributed by atoms with Gasteiger partial charge in [-0.25, -0.2) is 13.1 Å². The van der Waals surface area contributed by atoms with Crippen LogP contribution in [0.2, 0.25) is 5.02 Å². The average molecular weight is 368 g/mol. The van der Waals surface area contributed by atoms with Gasteiger partial charge in [-0.3, -0.25) is 0 Å². The van der Waals surface area contributed by atoms with Crippen molar-refractivity contribution in [3.05, 3.63) is 27.7 Å². The number of nitrogens with two attached hydrogens (primary N) is 1. The molecule has 3 N–H and O–H groups in total. The molecule has 1 aromatic rings. The lowest BCUT2D eigenvalue weighted by Crippen LogP contribution is -2.53. The van der Waals surface area contributed by atoms with Crippen LogP contribution in [0.3, 0.4) is 0 Å². The lowest BCUT2D eigenvalue weighted by molar-refractivity contribution is 0.374. The molecule has 0 aromatic heterocycles. The van der Waals surface area contributed by atoms with E-state index in [-0.39, 0.29) is 16.5 Å². The van der Waals surface area contributed by atoms with E-state index in [1.807, 2.05) is 6.92 Å². The van der Waals surface area contributed by atoms with Crippen molar-refractivity contribution in [2.45, 2.75) is 30.2 Å². The lowest BCUT2D eigenvalue weighted by atomic mass is 9.98. The highest BCUT2D eigenvalue weighted by atomic mass is 79.9. The summed E-state index contributed by atoms with van der Waals surface area (Å²) in [5.41, 5.74) is 5.13. The molecule has 0 heterocycles. The third kappa shape index (κ3) is 3.31. The van der Waals surface area contributed by atoms with Gasteiger partial charge in [0.2, 0.25) is 10.0 Å². The fourth-order valence-corrected chi connectivity index (χ4v) is 4.58. The van der Waals surface area contributed by atoms with Crippen molar-refractivity contribution in [2.75, 3.05) is 6.54 Å². The molecular formula is C12H16BrClN2O2S. The average Bonchev–Trinajstić information content (AvgIpc) is 3.11. The first kappa shape index (κ1) is 15.3. The minimum absolute atomic E-state index is 0.0812. The normalized spacial score (nSPS) is 19.2. The molecule has 0 spiro atoms. The molecule has 1 atom stereocenters. The number of hydrogen-bond donors (Lipinski definition) is 2. The van der Waals surface area contributed by atoms with Gasteiger partial charge in [0.05, 0.1) is 5.02 Å². The maximum absolute atomic E-state index is 12.4. The first-order valence-corrected chi connectivity index (χ1v) is 8.63. The summed E-state index contributed by atoms with van der Waals surface area (Å²) in [7, 11) is -3.67. The molecule has 0 saturated heterocycles. The Labute approximate surface area is 126 Å². The molecule has 0 amide bonds. The molecule has 2 rings (SSSR count). The molecule has 4 nitrogen and oxygen atoms in total. The van der Waals surface area contributed by atoms with Crippen LogP contribution in [-0.2, 0) is 10.0 Å². The van der Waals surface area contributed by atoms with Crippen LogP contribution in [0, 0.1) is 5.92 Å². The topological polar surface area (TPSA) is 72.2 Å². The predicted molar refractivity (Wildman–Crippen MR) is 79.7 cm³/mol. The molecule has 1 aliphatic rings. The minimum atomic E-state index is -3.67. The van der Waals surface area contributed by atoms with E-state index in [2.05, 4.69) is 20.7 Å². The van der Waals surface area contributed by atoms with Crippen molar-refractivity contribution >= 4 is 37.6 Å². The number of rotatable bonds is 5. The second-order valence-corrected chi connectivity index (χ2v) is 8.05. The summed E-state index contributed by atoms with van der Waals surface area (Å²) < 4.78 is 28.3. The predicted octanol–water partition coefficient (Wildman–Crippen LogP) is 2.51. The largest absolute Gasteiger partial charge is 0.329 e. The first-order valence-electron chi connectivity index (χ1n) is 5.97. The summed E-state index contributed by atoms with van der Waals surface area (Å²) in [6.45, 7) is 2.11. The number of hydrogen-bond acceptors (Lipinski definition) is 3. The summed E-state index contributed by atoms with van der Waals surface area (Å²) in [4.78, 5) is 0.0812. The van der Waals surface area contributed by atoms with Crippen molar-refractivity contribution in [1.82, 2.24) is 4.72 Å². The lowest BCUT2D eigenvalue weighted by Gasteiger charge is -2.29. The molecule has 1 aliphatic carbocycles. The second-order valence-electron chi connectivity index (χ2n) is 5.08. The second kappa shape index (κ2) is 5.33. The third-order valence-corrected chi connectivity index (χ3v) is 6.04. The molecule has 0 bridgehead atoms. The van der Waals surface area contributed by atoms with Gasteiger partial charge in [-0.2, -0.15) is 0 Å². The molecule has 1 unspecified atom stereocenters. The Balaban J connectivity index is 2.32. The van der Waals surface area contributed by atoms with E-state index < -0.39 is 15.6 Å². The Morgan fingerprint density at radius 2 is 2.16 bits per heavy atom. The maximum Gasteiger partial charge on any atom is 0.242 e. The van der Waals surface area contributed by atoms with Gasteiger partial charge in [-0.15, -0.1) is 0 Å². The van der Waals surface area contributed by atoms with Crippen LogP contribution < -0.4 is 10.5 Å². The Hall–Kier alpha value is -0.140. The smallest absolute Gasteiger partial charge is 0.242 e. The van der Waals surface area contributed by atoms with Crippen molar-refractivity contribution in [1.29, 1.82) is 0 Å². The zero-order chi connectivity index (χ0) is 14.3. The van der Waals surface area contributed by atoms with E-state index in [0.717, 1.165) is 17.3 Å². The Morgan fingerprint density at radius 1 is 1.53 bits per heavy atom. The van der Waals surface area contributed by atoms with Crippen molar-refractivity contribution in [3.63, 3.8) is 0 Å². The van der Waals surface area contributed by atoms with Gasteiger partial charge in [0.25, 0.3) is 0 Å². The van der Waals surface area contributed by atoms with Gasteiger partial charge in [-0.05, 0) is 43.9 Å². The summed E-state index contributed by atoms with van der Waals surface area (Å²) in [5, 5.41) is 0.192. The van der Waals surface area contributed by atoms with E-state index in [1.54, 1.807) is 12.1 Å². The first-order chi connectivity index (χ1) is 8.78. The van der Waals surface area contributed by atoms with E-state index in [1.165, 1.54) is 6.07 Å². The van der Waals surface area contributed by atoms with Gasteiger partial charge in [0.15, 0.2) is 0 Å². The SMILES string of the molecule is CC(CN)(NS(=O)(=O)c1ccc(Br)cc1Cl)C1CC1. The molecule has 0 radical (unpaired) electrons. The Bertz CT molecular complexity index is 589. The molecule has 19 heavy (non-hydrogen) atoms. The zero-order valence-electron chi connectivity index (χ0n) is 10.5. The molecule has 1 saturated carbocycles. The van der Waals surface area contributed by atoms with Crippen LogP contribution in [0.4, 0.5) is 0 Å². The van der Waals surface area contributed by atoms with E-state index in [9.17, 15) is 8.42 Å². The highest BCUT2D eigenvalue weighted by molar-refractivity contribution is 9.10. The summed E-state index contributed by atoms with van der Waals surface area (Å²) in [6.07, 6.45) is 2.01. The number of halogens is 2.